The van der Waals surface area contributed by atoms with Crippen LogP contribution in [-0.2, 0) is 11.3 Å². The van der Waals surface area contributed by atoms with Gasteiger partial charge in [0.15, 0.2) is 5.43 Å². The molecule has 1 amide bonds. The van der Waals surface area contributed by atoms with Gasteiger partial charge in [-0.3, -0.25) is 9.59 Å². The zero-order valence-corrected chi connectivity index (χ0v) is 16.7. The van der Waals surface area contributed by atoms with E-state index >= 15 is 0 Å². The number of nitrogens with one attached hydrogen (secondary N) is 1. The van der Waals surface area contributed by atoms with Crippen LogP contribution in [0.5, 0.6) is 0 Å². The molecule has 0 spiro atoms. The van der Waals surface area contributed by atoms with Crippen LogP contribution in [0.25, 0.3) is 21.8 Å². The lowest BCUT2D eigenvalue weighted by molar-refractivity contribution is -0.116. The number of carbonyl (C=O) groups is 1. The highest BCUT2D eigenvalue weighted by Gasteiger charge is 2.11. The Labute approximate surface area is 169 Å². The molecular weight excluding hydrogens is 360 g/mol. The van der Waals surface area contributed by atoms with Gasteiger partial charge in [-0.25, -0.2) is 0 Å². The lowest BCUT2D eigenvalue weighted by Crippen LogP contribution is -2.15. The number of rotatable bonds is 5. The summed E-state index contributed by atoms with van der Waals surface area (Å²) in [6.45, 7) is 4.68. The molecule has 29 heavy (non-hydrogen) atoms. The van der Waals surface area contributed by atoms with Crippen molar-refractivity contribution in [3.8, 4) is 0 Å². The minimum atomic E-state index is -0.000598. The van der Waals surface area contributed by atoms with E-state index in [1.54, 1.807) is 0 Å². The van der Waals surface area contributed by atoms with E-state index in [1.165, 1.54) is 0 Å². The number of hydrogen-bond donors (Lipinski definition) is 1. The molecule has 3 aromatic carbocycles. The van der Waals surface area contributed by atoms with Crippen molar-refractivity contribution in [1.29, 1.82) is 0 Å². The molecule has 4 nitrogen and oxygen atoms in total. The Morgan fingerprint density at radius 1 is 0.862 bits per heavy atom. The molecular formula is C25H24N2O2. The predicted octanol–water partition coefficient (Wildman–Crippen LogP) is 5.19. The van der Waals surface area contributed by atoms with E-state index in [-0.39, 0.29) is 11.3 Å². The Morgan fingerprint density at radius 2 is 1.55 bits per heavy atom. The van der Waals surface area contributed by atoms with Gasteiger partial charge in [0, 0.05) is 29.4 Å². The van der Waals surface area contributed by atoms with Gasteiger partial charge in [-0.15, -0.1) is 0 Å². The second-order valence-electron chi connectivity index (χ2n) is 7.54. The zero-order chi connectivity index (χ0) is 20.4. The smallest absolute Gasteiger partial charge is 0.224 e. The second-order valence-corrected chi connectivity index (χ2v) is 7.54. The van der Waals surface area contributed by atoms with Crippen LogP contribution in [0.1, 0.15) is 24.0 Å². The molecule has 1 heterocycles. The van der Waals surface area contributed by atoms with E-state index in [0.29, 0.717) is 19.4 Å². The van der Waals surface area contributed by atoms with Gasteiger partial charge in [-0.1, -0.05) is 41.5 Å². The largest absolute Gasteiger partial charge is 0.340 e. The molecule has 0 aliphatic carbocycles. The second kappa shape index (κ2) is 7.92. The Bertz CT molecular complexity index is 1250. The fourth-order valence-corrected chi connectivity index (χ4v) is 3.74. The number of anilines is 1. The van der Waals surface area contributed by atoms with Gasteiger partial charge in [0.05, 0.1) is 11.0 Å². The van der Waals surface area contributed by atoms with Crippen molar-refractivity contribution < 1.29 is 4.79 Å². The summed E-state index contributed by atoms with van der Waals surface area (Å²) in [5.41, 5.74) is 4.93. The number of fused-ring (bicyclic) bond motifs is 2. The van der Waals surface area contributed by atoms with Gasteiger partial charge >= 0.3 is 0 Å². The molecule has 0 atom stereocenters. The number of carbonyl (C=O) groups excluding carboxylic acids is 1. The molecule has 0 fully saturated rings. The summed E-state index contributed by atoms with van der Waals surface area (Å²) in [5.74, 6) is -0.000598. The summed E-state index contributed by atoms with van der Waals surface area (Å²) in [6, 6.07) is 21.5. The Morgan fingerprint density at radius 3 is 2.34 bits per heavy atom. The highest BCUT2D eigenvalue weighted by Crippen LogP contribution is 2.21. The number of aryl methyl sites for hydroxylation is 3. The molecule has 4 aromatic rings. The van der Waals surface area contributed by atoms with Crippen LogP contribution in [-0.4, -0.2) is 10.5 Å². The lowest BCUT2D eigenvalue weighted by atomic mass is 10.1. The van der Waals surface area contributed by atoms with Crippen LogP contribution in [0, 0.1) is 13.8 Å². The topological polar surface area (TPSA) is 51.1 Å². The van der Waals surface area contributed by atoms with Crippen molar-refractivity contribution in [2.45, 2.75) is 33.2 Å². The van der Waals surface area contributed by atoms with Gasteiger partial charge in [-0.2, -0.15) is 0 Å². The normalized spacial score (nSPS) is 11.1. The van der Waals surface area contributed by atoms with Crippen molar-refractivity contribution >= 4 is 33.4 Å². The molecule has 146 valence electrons. The van der Waals surface area contributed by atoms with Gasteiger partial charge in [-0.05, 0) is 56.7 Å². The van der Waals surface area contributed by atoms with Crippen molar-refractivity contribution in [1.82, 2.24) is 4.57 Å². The molecule has 0 aliphatic rings. The van der Waals surface area contributed by atoms with E-state index < -0.39 is 0 Å². The molecule has 0 unspecified atom stereocenters. The number of benzene rings is 3. The Hall–Kier alpha value is -3.40. The maximum atomic E-state index is 12.9. The average Bonchev–Trinajstić information content (AvgIpc) is 2.72. The molecule has 0 saturated carbocycles. The first kappa shape index (κ1) is 18.9. The van der Waals surface area contributed by atoms with Gasteiger partial charge in [0.2, 0.25) is 5.91 Å². The summed E-state index contributed by atoms with van der Waals surface area (Å²) in [5, 5.41) is 4.39. The molecule has 4 heteroatoms. The molecule has 0 bridgehead atoms. The number of para-hydroxylation sites is 1. The van der Waals surface area contributed by atoms with E-state index in [4.69, 9.17) is 0 Å². The van der Waals surface area contributed by atoms with Crippen molar-refractivity contribution in [3.05, 3.63) is 88.1 Å². The SMILES string of the molecule is Cc1ccc(NC(=O)CCCn2c3ccccc3c(=O)c3cc(C)ccc32)cc1. The third-order valence-electron chi connectivity index (χ3n) is 5.25. The van der Waals surface area contributed by atoms with E-state index in [1.807, 2.05) is 80.6 Å². The van der Waals surface area contributed by atoms with Crippen LogP contribution in [0.3, 0.4) is 0 Å². The van der Waals surface area contributed by atoms with Crippen LogP contribution >= 0.6 is 0 Å². The molecule has 1 N–H and O–H groups in total. The monoisotopic (exact) mass is 384 g/mol. The van der Waals surface area contributed by atoms with E-state index in [9.17, 15) is 9.59 Å². The molecule has 4 rings (SSSR count). The highest BCUT2D eigenvalue weighted by atomic mass is 16.1. The number of hydrogen-bond acceptors (Lipinski definition) is 2. The number of aromatic nitrogens is 1. The summed E-state index contributed by atoms with van der Waals surface area (Å²) >= 11 is 0. The first-order chi connectivity index (χ1) is 14.0. The first-order valence-electron chi connectivity index (χ1n) is 9.91. The minimum Gasteiger partial charge on any atom is -0.340 e. The first-order valence-corrected chi connectivity index (χ1v) is 9.91. The lowest BCUT2D eigenvalue weighted by Gasteiger charge is -2.15. The fraction of sp³-hybridized carbons (Fsp3) is 0.200. The maximum absolute atomic E-state index is 12.9. The number of amides is 1. The Balaban J connectivity index is 1.58. The quantitative estimate of drug-likeness (QED) is 0.481. The van der Waals surface area contributed by atoms with Crippen LogP contribution < -0.4 is 10.7 Å². The summed E-state index contributed by atoms with van der Waals surface area (Å²) < 4.78 is 2.16. The van der Waals surface area contributed by atoms with Crippen LogP contribution in [0.2, 0.25) is 0 Å². The number of pyridine rings is 1. The maximum Gasteiger partial charge on any atom is 0.224 e. The van der Waals surface area contributed by atoms with Crippen LogP contribution in [0.4, 0.5) is 5.69 Å². The van der Waals surface area contributed by atoms with Gasteiger partial charge < -0.3 is 9.88 Å². The van der Waals surface area contributed by atoms with Crippen molar-refractivity contribution in [3.63, 3.8) is 0 Å². The van der Waals surface area contributed by atoms with Crippen LogP contribution in [0.15, 0.2) is 71.5 Å². The Kier molecular flexibility index (Phi) is 5.17. The zero-order valence-electron chi connectivity index (χ0n) is 16.7. The third kappa shape index (κ3) is 3.92. The molecule has 0 saturated heterocycles. The summed E-state index contributed by atoms with van der Waals surface area (Å²) in [4.78, 5) is 25.3. The highest BCUT2D eigenvalue weighted by molar-refractivity contribution is 5.94. The van der Waals surface area contributed by atoms with Gasteiger partial charge in [0.25, 0.3) is 0 Å². The third-order valence-corrected chi connectivity index (χ3v) is 5.25. The molecule has 0 radical (unpaired) electrons. The summed E-state index contributed by atoms with van der Waals surface area (Å²) in [6.07, 6.45) is 1.11. The number of nitrogens with zero attached hydrogens (tertiary/aromatic N) is 1. The average molecular weight is 384 g/mol. The van der Waals surface area contributed by atoms with Crippen molar-refractivity contribution in [2.75, 3.05) is 5.32 Å². The minimum absolute atomic E-state index is 0.000598. The standard InChI is InChI=1S/C25H24N2O2/c1-17-9-12-19(13-10-17)26-24(28)8-5-15-27-22-7-4-3-6-20(22)25(29)21-16-18(2)11-14-23(21)27/h3-4,6-7,9-14,16H,5,8,15H2,1-2H3,(H,26,28). The predicted molar refractivity (Wildman–Crippen MR) is 119 cm³/mol. The fourth-order valence-electron chi connectivity index (χ4n) is 3.74. The van der Waals surface area contributed by atoms with E-state index in [0.717, 1.165) is 38.6 Å². The van der Waals surface area contributed by atoms with Gasteiger partial charge in [0.1, 0.15) is 0 Å². The van der Waals surface area contributed by atoms with Crippen molar-refractivity contribution in [2.24, 2.45) is 0 Å². The molecule has 0 aliphatic heterocycles. The van der Waals surface area contributed by atoms with E-state index in [2.05, 4.69) is 9.88 Å². The molecule has 1 aromatic heterocycles. The summed E-state index contributed by atoms with van der Waals surface area (Å²) in [7, 11) is 0.